The van der Waals surface area contributed by atoms with Crippen LogP contribution in [0.1, 0.15) is 37.4 Å². The molecule has 19 heavy (non-hydrogen) atoms. The molecule has 1 aromatic carbocycles. The fourth-order valence-electron chi connectivity index (χ4n) is 1.91. The predicted octanol–water partition coefficient (Wildman–Crippen LogP) is 2.61. The summed E-state index contributed by atoms with van der Waals surface area (Å²) in [6, 6.07) is 6.25. The van der Waals surface area contributed by atoms with Crippen molar-refractivity contribution in [3.63, 3.8) is 0 Å². The van der Waals surface area contributed by atoms with Crippen LogP contribution < -0.4 is 10.1 Å². The van der Waals surface area contributed by atoms with Gasteiger partial charge in [0.25, 0.3) is 0 Å². The first-order chi connectivity index (χ1) is 9.08. The van der Waals surface area contributed by atoms with Crippen molar-refractivity contribution in [3.05, 3.63) is 29.3 Å². The molecule has 1 unspecified atom stereocenters. The van der Waals surface area contributed by atoms with E-state index in [4.69, 9.17) is 9.47 Å². The van der Waals surface area contributed by atoms with Gasteiger partial charge in [0.15, 0.2) is 0 Å². The van der Waals surface area contributed by atoms with Crippen LogP contribution in [-0.2, 0) is 9.53 Å². The molecule has 0 fully saturated rings. The number of methoxy groups -OCH3 is 1. The second kappa shape index (κ2) is 7.79. The lowest BCUT2D eigenvalue weighted by Crippen LogP contribution is -2.23. The molecule has 0 saturated carbocycles. The van der Waals surface area contributed by atoms with Crippen molar-refractivity contribution in [2.75, 3.05) is 20.3 Å². The zero-order valence-electron chi connectivity index (χ0n) is 12.2. The molecule has 0 aliphatic rings. The molecule has 0 saturated heterocycles. The van der Waals surface area contributed by atoms with E-state index in [1.807, 2.05) is 19.9 Å². The Morgan fingerprint density at radius 2 is 2.16 bits per heavy atom. The number of carbonyl (C=O) groups excluding carboxylic acids is 1. The number of hydrogen-bond acceptors (Lipinski definition) is 4. The van der Waals surface area contributed by atoms with E-state index < -0.39 is 0 Å². The SMILES string of the molecule is CCOC(=O)CCNC(C)c1ccc(C)cc1OC. The molecule has 106 valence electrons. The van der Waals surface area contributed by atoms with Crippen LogP contribution in [0.5, 0.6) is 5.75 Å². The molecular weight excluding hydrogens is 242 g/mol. The normalized spacial score (nSPS) is 12.0. The minimum Gasteiger partial charge on any atom is -0.496 e. The summed E-state index contributed by atoms with van der Waals surface area (Å²) in [6.45, 7) is 6.92. The molecule has 1 atom stereocenters. The van der Waals surface area contributed by atoms with Crippen LogP contribution >= 0.6 is 0 Å². The molecule has 0 heterocycles. The molecule has 4 heteroatoms. The third-order valence-electron chi connectivity index (χ3n) is 2.94. The minimum atomic E-state index is -0.168. The Bertz CT molecular complexity index is 418. The fraction of sp³-hybridized carbons (Fsp3) is 0.533. The predicted molar refractivity (Wildman–Crippen MR) is 75.4 cm³/mol. The molecule has 0 radical (unpaired) electrons. The van der Waals surface area contributed by atoms with Gasteiger partial charge in [-0.3, -0.25) is 4.79 Å². The van der Waals surface area contributed by atoms with Crippen LogP contribution in [0.2, 0.25) is 0 Å². The van der Waals surface area contributed by atoms with Crippen molar-refractivity contribution >= 4 is 5.97 Å². The van der Waals surface area contributed by atoms with Crippen LogP contribution in [0.25, 0.3) is 0 Å². The van der Waals surface area contributed by atoms with Gasteiger partial charge in [-0.25, -0.2) is 0 Å². The van der Waals surface area contributed by atoms with Crippen LogP contribution in [0.15, 0.2) is 18.2 Å². The summed E-state index contributed by atoms with van der Waals surface area (Å²) < 4.78 is 10.3. The molecule has 4 nitrogen and oxygen atoms in total. The summed E-state index contributed by atoms with van der Waals surface area (Å²) in [5.74, 6) is 0.703. The number of hydrogen-bond donors (Lipinski definition) is 1. The van der Waals surface area contributed by atoms with E-state index in [0.29, 0.717) is 19.6 Å². The summed E-state index contributed by atoms with van der Waals surface area (Å²) in [5.41, 5.74) is 2.26. The molecule has 1 rings (SSSR count). The first kappa shape index (κ1) is 15.5. The van der Waals surface area contributed by atoms with Crippen molar-refractivity contribution in [1.29, 1.82) is 0 Å². The summed E-state index contributed by atoms with van der Waals surface area (Å²) in [6.07, 6.45) is 0.381. The Morgan fingerprint density at radius 3 is 2.79 bits per heavy atom. The van der Waals surface area contributed by atoms with E-state index in [-0.39, 0.29) is 12.0 Å². The van der Waals surface area contributed by atoms with Crippen molar-refractivity contribution in [2.24, 2.45) is 0 Å². The average Bonchev–Trinajstić information content (AvgIpc) is 2.38. The Labute approximate surface area is 115 Å². The Morgan fingerprint density at radius 1 is 1.42 bits per heavy atom. The minimum absolute atomic E-state index is 0.130. The molecular formula is C15H23NO3. The highest BCUT2D eigenvalue weighted by molar-refractivity contribution is 5.69. The van der Waals surface area contributed by atoms with Crippen molar-refractivity contribution in [1.82, 2.24) is 5.32 Å². The van der Waals surface area contributed by atoms with E-state index in [9.17, 15) is 4.79 Å². The first-order valence-corrected chi connectivity index (χ1v) is 6.62. The standard InChI is InChI=1S/C15H23NO3/c1-5-19-15(17)8-9-16-12(3)13-7-6-11(2)10-14(13)18-4/h6-7,10,12,16H,5,8-9H2,1-4H3. The smallest absolute Gasteiger partial charge is 0.307 e. The zero-order chi connectivity index (χ0) is 14.3. The number of rotatable bonds is 7. The maximum atomic E-state index is 11.2. The topological polar surface area (TPSA) is 47.6 Å². The highest BCUT2D eigenvalue weighted by Gasteiger charge is 2.11. The zero-order valence-corrected chi connectivity index (χ0v) is 12.2. The lowest BCUT2D eigenvalue weighted by atomic mass is 10.0. The number of ether oxygens (including phenoxy) is 2. The van der Waals surface area contributed by atoms with Gasteiger partial charge in [0, 0.05) is 18.2 Å². The summed E-state index contributed by atoms with van der Waals surface area (Å²) >= 11 is 0. The van der Waals surface area contributed by atoms with Gasteiger partial charge < -0.3 is 14.8 Å². The molecule has 0 bridgehead atoms. The van der Waals surface area contributed by atoms with E-state index >= 15 is 0 Å². The molecule has 1 aromatic rings. The summed E-state index contributed by atoms with van der Waals surface area (Å²) in [4.78, 5) is 11.2. The van der Waals surface area contributed by atoms with Gasteiger partial charge in [0.1, 0.15) is 5.75 Å². The van der Waals surface area contributed by atoms with E-state index in [2.05, 4.69) is 24.4 Å². The van der Waals surface area contributed by atoms with Crippen LogP contribution in [0.4, 0.5) is 0 Å². The highest BCUT2D eigenvalue weighted by Crippen LogP contribution is 2.25. The molecule has 0 aliphatic carbocycles. The van der Waals surface area contributed by atoms with Gasteiger partial charge in [0.05, 0.1) is 20.1 Å². The third kappa shape index (κ3) is 4.91. The number of carbonyl (C=O) groups is 1. The van der Waals surface area contributed by atoms with Gasteiger partial charge >= 0.3 is 5.97 Å². The second-order valence-corrected chi connectivity index (χ2v) is 4.48. The van der Waals surface area contributed by atoms with Crippen molar-refractivity contribution in [3.8, 4) is 5.75 Å². The second-order valence-electron chi connectivity index (χ2n) is 4.48. The molecule has 1 N–H and O–H groups in total. The molecule has 0 aliphatic heterocycles. The highest BCUT2D eigenvalue weighted by atomic mass is 16.5. The first-order valence-electron chi connectivity index (χ1n) is 6.62. The number of esters is 1. The molecule has 0 spiro atoms. The van der Waals surface area contributed by atoms with Gasteiger partial charge in [0.2, 0.25) is 0 Å². The maximum Gasteiger partial charge on any atom is 0.307 e. The summed E-state index contributed by atoms with van der Waals surface area (Å²) in [7, 11) is 1.67. The lowest BCUT2D eigenvalue weighted by Gasteiger charge is -2.17. The number of aryl methyl sites for hydroxylation is 1. The Balaban J connectivity index is 2.53. The number of nitrogens with one attached hydrogen (secondary N) is 1. The number of benzene rings is 1. The van der Waals surface area contributed by atoms with Gasteiger partial charge in [-0.2, -0.15) is 0 Å². The van der Waals surface area contributed by atoms with E-state index in [1.165, 1.54) is 5.56 Å². The summed E-state index contributed by atoms with van der Waals surface area (Å²) in [5, 5.41) is 3.30. The molecule has 0 amide bonds. The molecule has 0 aromatic heterocycles. The maximum absolute atomic E-state index is 11.2. The fourth-order valence-corrected chi connectivity index (χ4v) is 1.91. The van der Waals surface area contributed by atoms with Crippen LogP contribution in [0.3, 0.4) is 0 Å². The van der Waals surface area contributed by atoms with Crippen molar-refractivity contribution in [2.45, 2.75) is 33.2 Å². The quantitative estimate of drug-likeness (QED) is 0.770. The monoisotopic (exact) mass is 265 g/mol. The lowest BCUT2D eigenvalue weighted by molar-refractivity contribution is -0.143. The van der Waals surface area contributed by atoms with Gasteiger partial charge in [-0.1, -0.05) is 12.1 Å². The van der Waals surface area contributed by atoms with Crippen molar-refractivity contribution < 1.29 is 14.3 Å². The van der Waals surface area contributed by atoms with Gasteiger partial charge in [-0.05, 0) is 32.4 Å². The van der Waals surface area contributed by atoms with Crippen LogP contribution in [0, 0.1) is 6.92 Å². The van der Waals surface area contributed by atoms with E-state index in [0.717, 1.165) is 11.3 Å². The van der Waals surface area contributed by atoms with Gasteiger partial charge in [-0.15, -0.1) is 0 Å². The average molecular weight is 265 g/mol. The van der Waals surface area contributed by atoms with Crippen LogP contribution in [-0.4, -0.2) is 26.2 Å². The third-order valence-corrected chi connectivity index (χ3v) is 2.94. The largest absolute Gasteiger partial charge is 0.496 e. The Hall–Kier alpha value is -1.55. The van der Waals surface area contributed by atoms with E-state index in [1.54, 1.807) is 7.11 Å². The Kier molecular flexibility index (Phi) is 6.36.